The van der Waals surface area contributed by atoms with E-state index in [0.717, 1.165) is 0 Å². The second-order valence-corrected chi connectivity index (χ2v) is 3.15. The Morgan fingerprint density at radius 2 is 1.91 bits per heavy atom. The molecule has 0 radical (unpaired) electrons. The molecule has 0 N–H and O–H groups in total. The van der Waals surface area contributed by atoms with Crippen LogP contribution >= 0.6 is 35.8 Å². The van der Waals surface area contributed by atoms with Crippen molar-refractivity contribution in [2.75, 3.05) is 7.11 Å². The van der Waals surface area contributed by atoms with Crippen LogP contribution in [0.15, 0.2) is 17.0 Å². The Kier molecular flexibility index (Phi) is 2.93. The van der Waals surface area contributed by atoms with Crippen molar-refractivity contribution in [2.24, 2.45) is 0 Å². The van der Waals surface area contributed by atoms with Crippen LogP contribution in [-0.4, -0.2) is 7.11 Å². The molecule has 0 fully saturated rings. The predicted octanol–water partition coefficient (Wildman–Crippen LogP) is 3.29. The third-order valence-electron chi connectivity index (χ3n) is 1.25. The predicted molar refractivity (Wildman–Crippen MR) is 50.3 cm³/mol. The van der Waals surface area contributed by atoms with E-state index in [1.165, 1.54) is 7.11 Å². The van der Waals surface area contributed by atoms with Gasteiger partial charge in [-0.3, -0.25) is 0 Å². The Balaban J connectivity index is 3.25. The zero-order valence-electron chi connectivity index (χ0n) is 5.77. The van der Waals surface area contributed by atoms with Gasteiger partial charge in [-0.15, -0.1) is 12.6 Å². The fraction of sp³-hybridized carbons (Fsp3) is 0.143. The van der Waals surface area contributed by atoms with E-state index in [4.69, 9.17) is 27.9 Å². The van der Waals surface area contributed by atoms with Gasteiger partial charge in [-0.05, 0) is 12.1 Å². The van der Waals surface area contributed by atoms with Crippen molar-refractivity contribution in [3.05, 3.63) is 22.2 Å². The molecule has 4 heteroatoms. The third kappa shape index (κ3) is 1.75. The van der Waals surface area contributed by atoms with Gasteiger partial charge in [0.25, 0.3) is 0 Å². The maximum atomic E-state index is 5.79. The number of benzene rings is 1. The number of hydrogen-bond donors (Lipinski definition) is 1. The maximum absolute atomic E-state index is 5.79. The van der Waals surface area contributed by atoms with E-state index in [1.54, 1.807) is 12.1 Å². The summed E-state index contributed by atoms with van der Waals surface area (Å²) in [5, 5.41) is 0.830. The van der Waals surface area contributed by atoms with E-state index in [2.05, 4.69) is 12.6 Å². The number of halogens is 2. The van der Waals surface area contributed by atoms with Crippen molar-refractivity contribution >= 4 is 35.8 Å². The average molecular weight is 209 g/mol. The van der Waals surface area contributed by atoms with Crippen molar-refractivity contribution in [3.63, 3.8) is 0 Å². The molecule has 0 heterocycles. The lowest BCUT2D eigenvalue weighted by Gasteiger charge is -2.04. The summed E-state index contributed by atoms with van der Waals surface area (Å²) in [6.07, 6.45) is 0. The fourth-order valence-corrected chi connectivity index (χ4v) is 1.33. The van der Waals surface area contributed by atoms with Crippen LogP contribution in [0.5, 0.6) is 5.75 Å². The summed E-state index contributed by atoms with van der Waals surface area (Å²) in [6.45, 7) is 0. The Morgan fingerprint density at radius 1 is 1.27 bits per heavy atom. The first-order chi connectivity index (χ1) is 5.16. The summed E-state index contributed by atoms with van der Waals surface area (Å²) >= 11 is 15.6. The fourth-order valence-electron chi connectivity index (χ4n) is 0.679. The zero-order chi connectivity index (χ0) is 8.43. The van der Waals surface area contributed by atoms with Crippen LogP contribution in [0.2, 0.25) is 10.0 Å². The van der Waals surface area contributed by atoms with Gasteiger partial charge in [0.2, 0.25) is 0 Å². The molecule has 11 heavy (non-hydrogen) atoms. The van der Waals surface area contributed by atoms with Gasteiger partial charge in [0.15, 0.2) is 0 Å². The maximum Gasteiger partial charge on any atom is 0.139 e. The standard InChI is InChI=1S/C7H6Cl2OS/c1-10-4-2-3-5(11)7(9)6(4)8/h2-3,11H,1H3. The molecule has 0 aliphatic heterocycles. The average Bonchev–Trinajstić information content (AvgIpc) is 2.01. The minimum absolute atomic E-state index is 0.404. The summed E-state index contributed by atoms with van der Waals surface area (Å²) in [4.78, 5) is 0.650. The molecule has 0 bridgehead atoms. The van der Waals surface area contributed by atoms with Gasteiger partial charge in [0.1, 0.15) is 10.8 Å². The molecule has 0 aliphatic rings. The lowest BCUT2D eigenvalue weighted by Crippen LogP contribution is -1.84. The van der Waals surface area contributed by atoms with Crippen LogP contribution in [0, 0.1) is 0 Å². The summed E-state index contributed by atoms with van der Waals surface area (Å²) < 4.78 is 4.93. The second-order valence-electron chi connectivity index (χ2n) is 1.91. The monoisotopic (exact) mass is 208 g/mol. The molecule has 0 unspecified atom stereocenters. The van der Waals surface area contributed by atoms with Gasteiger partial charge in [-0.25, -0.2) is 0 Å². The number of rotatable bonds is 1. The van der Waals surface area contributed by atoms with Crippen LogP contribution in [0.25, 0.3) is 0 Å². The number of ether oxygens (including phenoxy) is 1. The third-order valence-corrected chi connectivity index (χ3v) is 2.62. The molecule has 1 rings (SSSR count). The Hall–Kier alpha value is -0.0500. The van der Waals surface area contributed by atoms with Crippen LogP contribution < -0.4 is 4.74 Å². The van der Waals surface area contributed by atoms with E-state index in [9.17, 15) is 0 Å². The molecule has 0 saturated carbocycles. The van der Waals surface area contributed by atoms with Crippen LogP contribution in [0.1, 0.15) is 0 Å². The normalized spacial score (nSPS) is 9.82. The van der Waals surface area contributed by atoms with E-state index < -0.39 is 0 Å². The molecular formula is C7H6Cl2OS. The highest BCUT2D eigenvalue weighted by molar-refractivity contribution is 7.80. The van der Waals surface area contributed by atoms with Crippen molar-refractivity contribution in [1.82, 2.24) is 0 Å². The molecule has 1 nitrogen and oxygen atoms in total. The van der Waals surface area contributed by atoms with Gasteiger partial charge < -0.3 is 4.74 Å². The lowest BCUT2D eigenvalue weighted by atomic mass is 10.3. The van der Waals surface area contributed by atoms with Crippen LogP contribution in [0.4, 0.5) is 0 Å². The zero-order valence-corrected chi connectivity index (χ0v) is 8.17. The molecular weight excluding hydrogens is 203 g/mol. The van der Waals surface area contributed by atoms with E-state index in [-0.39, 0.29) is 0 Å². The number of methoxy groups -OCH3 is 1. The molecule has 60 valence electrons. The Bertz CT molecular complexity index is 275. The summed E-state index contributed by atoms with van der Waals surface area (Å²) in [5.74, 6) is 0.564. The van der Waals surface area contributed by atoms with E-state index in [1.807, 2.05) is 0 Å². The summed E-state index contributed by atoms with van der Waals surface area (Å²) in [7, 11) is 1.54. The van der Waals surface area contributed by atoms with Crippen molar-refractivity contribution in [3.8, 4) is 5.75 Å². The number of thiol groups is 1. The van der Waals surface area contributed by atoms with Gasteiger partial charge in [0.05, 0.1) is 12.1 Å². The van der Waals surface area contributed by atoms with Crippen LogP contribution in [-0.2, 0) is 0 Å². The van der Waals surface area contributed by atoms with Crippen molar-refractivity contribution < 1.29 is 4.74 Å². The van der Waals surface area contributed by atoms with Gasteiger partial charge in [-0.1, -0.05) is 23.2 Å². The summed E-state index contributed by atoms with van der Waals surface area (Å²) in [5.41, 5.74) is 0. The minimum Gasteiger partial charge on any atom is -0.495 e. The second kappa shape index (κ2) is 3.57. The molecule has 0 spiro atoms. The lowest BCUT2D eigenvalue weighted by molar-refractivity contribution is 0.415. The minimum atomic E-state index is 0.404. The van der Waals surface area contributed by atoms with E-state index in [0.29, 0.717) is 20.7 Å². The first-order valence-corrected chi connectivity index (χ1v) is 4.08. The highest BCUT2D eigenvalue weighted by atomic mass is 35.5. The topological polar surface area (TPSA) is 9.23 Å². The molecule has 1 aromatic carbocycles. The Morgan fingerprint density at radius 3 is 2.45 bits per heavy atom. The number of hydrogen-bond acceptors (Lipinski definition) is 2. The highest BCUT2D eigenvalue weighted by Gasteiger charge is 2.06. The molecule has 0 saturated heterocycles. The Labute approximate surface area is 80.7 Å². The van der Waals surface area contributed by atoms with Gasteiger partial charge >= 0.3 is 0 Å². The summed E-state index contributed by atoms with van der Waals surface area (Å²) in [6, 6.07) is 3.45. The first-order valence-electron chi connectivity index (χ1n) is 2.87. The molecule has 0 atom stereocenters. The van der Waals surface area contributed by atoms with Crippen molar-refractivity contribution in [2.45, 2.75) is 4.90 Å². The molecule has 0 amide bonds. The smallest absolute Gasteiger partial charge is 0.139 e. The largest absolute Gasteiger partial charge is 0.495 e. The van der Waals surface area contributed by atoms with Gasteiger partial charge in [0, 0.05) is 4.90 Å². The van der Waals surface area contributed by atoms with Gasteiger partial charge in [-0.2, -0.15) is 0 Å². The SMILES string of the molecule is COc1ccc(S)c(Cl)c1Cl. The quantitative estimate of drug-likeness (QED) is 0.698. The first kappa shape index (κ1) is 9.04. The molecule has 0 aliphatic carbocycles. The van der Waals surface area contributed by atoms with E-state index >= 15 is 0 Å². The van der Waals surface area contributed by atoms with Crippen molar-refractivity contribution in [1.29, 1.82) is 0 Å². The van der Waals surface area contributed by atoms with Crippen LogP contribution in [0.3, 0.4) is 0 Å². The molecule has 1 aromatic rings. The highest BCUT2D eigenvalue weighted by Crippen LogP contribution is 2.35. The molecule has 0 aromatic heterocycles.